The summed E-state index contributed by atoms with van der Waals surface area (Å²) in [5, 5.41) is 0. The Morgan fingerprint density at radius 2 is 0.897 bits per heavy atom. The second kappa shape index (κ2) is 8.15. The fraction of sp³-hybridized carbons (Fsp3) is 0.0741. The molecule has 0 amide bonds. The summed E-state index contributed by atoms with van der Waals surface area (Å²) in [6.07, 6.45) is 0. The molecule has 4 aromatic rings. The molecule has 0 bridgehead atoms. The zero-order chi connectivity index (χ0) is 20.2. The Morgan fingerprint density at radius 1 is 0.552 bits per heavy atom. The standard InChI is InChI=1S/C27H22O2/c1-19-3-15-26(16-4-19)29-27-17-13-25(14-18-27)24-11-9-23(10-12-24)22-7-5-21(6-8-22)20(2)28/h3-18H,1-2H3. The predicted octanol–water partition coefficient (Wildman–Crippen LogP) is 7.32. The van der Waals surface area contributed by atoms with E-state index in [1.165, 1.54) is 5.56 Å². The highest BCUT2D eigenvalue weighted by atomic mass is 16.5. The second-order valence-corrected chi connectivity index (χ2v) is 7.15. The first-order chi connectivity index (χ1) is 14.1. The summed E-state index contributed by atoms with van der Waals surface area (Å²) in [6.45, 7) is 3.64. The molecule has 2 heteroatoms. The maximum Gasteiger partial charge on any atom is 0.159 e. The van der Waals surface area contributed by atoms with Crippen molar-refractivity contribution in [3.8, 4) is 33.8 Å². The van der Waals surface area contributed by atoms with E-state index in [4.69, 9.17) is 4.74 Å². The van der Waals surface area contributed by atoms with Gasteiger partial charge in [-0.05, 0) is 60.4 Å². The van der Waals surface area contributed by atoms with Gasteiger partial charge in [-0.2, -0.15) is 0 Å². The summed E-state index contributed by atoms with van der Waals surface area (Å²) >= 11 is 0. The molecule has 0 aromatic heterocycles. The molecule has 142 valence electrons. The van der Waals surface area contributed by atoms with Crippen LogP contribution >= 0.6 is 0 Å². The number of Topliss-reactive ketones (excluding diaryl/α,β-unsaturated/α-hetero) is 1. The third-order valence-corrected chi connectivity index (χ3v) is 4.95. The van der Waals surface area contributed by atoms with Crippen molar-refractivity contribution >= 4 is 5.78 Å². The lowest BCUT2D eigenvalue weighted by Crippen LogP contribution is -1.90. The fourth-order valence-corrected chi connectivity index (χ4v) is 3.21. The van der Waals surface area contributed by atoms with Gasteiger partial charge >= 0.3 is 0 Å². The first-order valence-electron chi connectivity index (χ1n) is 9.65. The van der Waals surface area contributed by atoms with Gasteiger partial charge in [0.15, 0.2) is 5.78 Å². The topological polar surface area (TPSA) is 26.3 Å². The lowest BCUT2D eigenvalue weighted by atomic mass is 9.99. The van der Waals surface area contributed by atoms with Crippen LogP contribution in [0.1, 0.15) is 22.8 Å². The number of benzene rings is 4. The van der Waals surface area contributed by atoms with Crippen LogP contribution in [0.4, 0.5) is 0 Å². The summed E-state index contributed by atoms with van der Waals surface area (Å²) < 4.78 is 5.90. The number of hydrogen-bond acceptors (Lipinski definition) is 2. The fourth-order valence-electron chi connectivity index (χ4n) is 3.21. The van der Waals surface area contributed by atoms with Crippen LogP contribution in [0, 0.1) is 6.92 Å². The van der Waals surface area contributed by atoms with Crippen LogP contribution in [0.25, 0.3) is 22.3 Å². The van der Waals surface area contributed by atoms with E-state index in [-0.39, 0.29) is 5.78 Å². The van der Waals surface area contributed by atoms with E-state index < -0.39 is 0 Å². The highest BCUT2D eigenvalue weighted by Crippen LogP contribution is 2.28. The first kappa shape index (κ1) is 18.7. The number of aryl methyl sites for hydroxylation is 1. The monoisotopic (exact) mass is 378 g/mol. The minimum Gasteiger partial charge on any atom is -0.457 e. The molecule has 4 rings (SSSR count). The number of rotatable bonds is 5. The summed E-state index contributed by atoms with van der Waals surface area (Å²) in [5.74, 6) is 1.74. The molecule has 0 aliphatic heterocycles. The van der Waals surface area contributed by atoms with E-state index in [0.29, 0.717) is 0 Å². The van der Waals surface area contributed by atoms with Crippen LogP contribution in [-0.2, 0) is 0 Å². The largest absolute Gasteiger partial charge is 0.457 e. The SMILES string of the molecule is CC(=O)c1ccc(-c2ccc(-c3ccc(Oc4ccc(C)cc4)cc3)cc2)cc1. The average Bonchev–Trinajstić information content (AvgIpc) is 2.76. The third-order valence-electron chi connectivity index (χ3n) is 4.95. The molecule has 2 nitrogen and oxygen atoms in total. The molecule has 0 radical (unpaired) electrons. The normalized spacial score (nSPS) is 10.6. The van der Waals surface area contributed by atoms with E-state index in [2.05, 4.69) is 43.3 Å². The number of ketones is 1. The molecule has 0 N–H and O–H groups in total. The van der Waals surface area contributed by atoms with Crippen molar-refractivity contribution in [1.29, 1.82) is 0 Å². The lowest BCUT2D eigenvalue weighted by molar-refractivity contribution is 0.101. The molecule has 0 aliphatic rings. The zero-order valence-electron chi connectivity index (χ0n) is 16.6. The Morgan fingerprint density at radius 3 is 1.31 bits per heavy atom. The first-order valence-corrected chi connectivity index (χ1v) is 9.65. The lowest BCUT2D eigenvalue weighted by Gasteiger charge is -2.08. The van der Waals surface area contributed by atoms with Gasteiger partial charge in [-0.1, -0.05) is 78.4 Å². The molecule has 0 aliphatic carbocycles. The maximum atomic E-state index is 11.4. The zero-order valence-corrected chi connectivity index (χ0v) is 16.6. The average molecular weight is 378 g/mol. The summed E-state index contributed by atoms with van der Waals surface area (Å²) in [7, 11) is 0. The van der Waals surface area contributed by atoms with Crippen LogP contribution in [0.15, 0.2) is 97.1 Å². The van der Waals surface area contributed by atoms with Crippen LogP contribution in [0.3, 0.4) is 0 Å². The molecule has 0 heterocycles. The molecule has 0 saturated carbocycles. The smallest absolute Gasteiger partial charge is 0.159 e. The Balaban J connectivity index is 1.48. The number of ether oxygens (including phenoxy) is 1. The molecule has 0 spiro atoms. The molecule has 4 aromatic carbocycles. The minimum atomic E-state index is 0.0849. The quantitative estimate of drug-likeness (QED) is 0.340. The van der Waals surface area contributed by atoms with Crippen LogP contribution in [0.2, 0.25) is 0 Å². The van der Waals surface area contributed by atoms with Crippen LogP contribution < -0.4 is 4.74 Å². The molecule has 0 fully saturated rings. The Labute approximate surface area is 171 Å². The van der Waals surface area contributed by atoms with Gasteiger partial charge in [0.2, 0.25) is 0 Å². The van der Waals surface area contributed by atoms with Crippen molar-refractivity contribution in [2.75, 3.05) is 0 Å². The number of carbonyl (C=O) groups is 1. The molecular formula is C27H22O2. The molecule has 0 unspecified atom stereocenters. The van der Waals surface area contributed by atoms with Crippen LogP contribution in [-0.4, -0.2) is 5.78 Å². The third kappa shape index (κ3) is 4.44. The molecule has 0 saturated heterocycles. The highest BCUT2D eigenvalue weighted by Gasteiger charge is 2.04. The van der Waals surface area contributed by atoms with Gasteiger partial charge in [0.05, 0.1) is 0 Å². The van der Waals surface area contributed by atoms with Crippen molar-refractivity contribution in [3.05, 3.63) is 108 Å². The summed E-state index contributed by atoms with van der Waals surface area (Å²) in [5.41, 5.74) is 6.46. The van der Waals surface area contributed by atoms with Crippen molar-refractivity contribution in [3.63, 3.8) is 0 Å². The Kier molecular flexibility index (Phi) is 5.26. The maximum absolute atomic E-state index is 11.4. The van der Waals surface area contributed by atoms with Gasteiger partial charge in [-0.3, -0.25) is 4.79 Å². The van der Waals surface area contributed by atoms with Gasteiger partial charge in [-0.25, -0.2) is 0 Å². The molecular weight excluding hydrogens is 356 g/mol. The second-order valence-electron chi connectivity index (χ2n) is 7.15. The predicted molar refractivity (Wildman–Crippen MR) is 119 cm³/mol. The van der Waals surface area contributed by atoms with Gasteiger partial charge < -0.3 is 4.74 Å². The molecule has 0 atom stereocenters. The van der Waals surface area contributed by atoms with Crippen LogP contribution in [0.5, 0.6) is 11.5 Å². The van der Waals surface area contributed by atoms with Gasteiger partial charge in [0, 0.05) is 5.56 Å². The van der Waals surface area contributed by atoms with Crippen molar-refractivity contribution < 1.29 is 9.53 Å². The van der Waals surface area contributed by atoms with Gasteiger partial charge in [0.25, 0.3) is 0 Å². The van der Waals surface area contributed by atoms with Gasteiger partial charge in [0.1, 0.15) is 11.5 Å². The van der Waals surface area contributed by atoms with E-state index >= 15 is 0 Å². The van der Waals surface area contributed by atoms with E-state index in [1.807, 2.05) is 60.7 Å². The van der Waals surface area contributed by atoms with Crippen molar-refractivity contribution in [2.45, 2.75) is 13.8 Å². The summed E-state index contributed by atoms with van der Waals surface area (Å²) in [4.78, 5) is 11.4. The Bertz CT molecular complexity index is 1110. The van der Waals surface area contributed by atoms with Crippen molar-refractivity contribution in [1.82, 2.24) is 0 Å². The molecule has 29 heavy (non-hydrogen) atoms. The minimum absolute atomic E-state index is 0.0849. The van der Waals surface area contributed by atoms with E-state index in [1.54, 1.807) is 6.92 Å². The number of hydrogen-bond donors (Lipinski definition) is 0. The highest BCUT2D eigenvalue weighted by molar-refractivity contribution is 5.94. The van der Waals surface area contributed by atoms with Gasteiger partial charge in [-0.15, -0.1) is 0 Å². The van der Waals surface area contributed by atoms with E-state index in [0.717, 1.165) is 39.3 Å². The van der Waals surface area contributed by atoms with Crippen molar-refractivity contribution in [2.24, 2.45) is 0 Å². The van der Waals surface area contributed by atoms with E-state index in [9.17, 15) is 4.79 Å². The number of carbonyl (C=O) groups excluding carboxylic acids is 1. The summed E-state index contributed by atoms with van der Waals surface area (Å²) in [6, 6.07) is 32.3. The Hall–Kier alpha value is -3.65.